The van der Waals surface area contributed by atoms with Gasteiger partial charge in [-0.25, -0.2) is 9.78 Å². The van der Waals surface area contributed by atoms with Gasteiger partial charge in [-0.2, -0.15) is 0 Å². The largest absolute Gasteiger partial charge is 0.500 e. The summed E-state index contributed by atoms with van der Waals surface area (Å²) in [6, 6.07) is 0. The first-order valence-electron chi connectivity index (χ1n) is 6.51. The molecule has 0 N–H and O–H groups in total. The lowest BCUT2D eigenvalue weighted by Crippen LogP contribution is -2.19. The van der Waals surface area contributed by atoms with Crippen molar-refractivity contribution in [1.82, 2.24) is 4.98 Å². The molecule has 0 spiro atoms. The van der Waals surface area contributed by atoms with Crippen LogP contribution in [-0.4, -0.2) is 30.0 Å². The molecular formula is C14H13BrCl3NO4. The van der Waals surface area contributed by atoms with E-state index in [4.69, 9.17) is 44.3 Å². The van der Waals surface area contributed by atoms with Crippen molar-refractivity contribution in [2.24, 2.45) is 0 Å². The van der Waals surface area contributed by atoms with Gasteiger partial charge in [0.1, 0.15) is 22.1 Å². The summed E-state index contributed by atoms with van der Waals surface area (Å²) >= 11 is 21.0. The first kappa shape index (κ1) is 20.2. The number of aromatic nitrogens is 1. The van der Waals surface area contributed by atoms with Crippen LogP contribution in [0.2, 0.25) is 10.3 Å². The number of hydrogen-bond acceptors (Lipinski definition) is 5. The van der Waals surface area contributed by atoms with Crippen LogP contribution < -0.4 is 0 Å². The van der Waals surface area contributed by atoms with Gasteiger partial charge in [-0.3, -0.25) is 4.79 Å². The zero-order chi connectivity index (χ0) is 17.6. The van der Waals surface area contributed by atoms with Gasteiger partial charge in [0.2, 0.25) is 5.78 Å². The lowest BCUT2D eigenvalue weighted by atomic mass is 10.0. The molecule has 0 bridgehead atoms. The van der Waals surface area contributed by atoms with Crippen LogP contribution in [0.25, 0.3) is 0 Å². The zero-order valence-electron chi connectivity index (χ0n) is 12.3. The van der Waals surface area contributed by atoms with E-state index in [1.807, 2.05) is 0 Å². The maximum absolute atomic E-state index is 12.7. The Morgan fingerprint density at radius 2 is 1.87 bits per heavy atom. The molecule has 126 valence electrons. The van der Waals surface area contributed by atoms with E-state index in [0.717, 1.165) is 6.26 Å². The molecule has 0 unspecified atom stereocenters. The summed E-state index contributed by atoms with van der Waals surface area (Å²) in [6.45, 7) is 3.71. The van der Waals surface area contributed by atoms with E-state index in [0.29, 0.717) is 10.0 Å². The third kappa shape index (κ3) is 4.83. The van der Waals surface area contributed by atoms with Gasteiger partial charge in [-0.1, -0.05) is 23.2 Å². The number of esters is 1. The first-order valence-corrected chi connectivity index (χ1v) is 8.60. The van der Waals surface area contributed by atoms with Crippen molar-refractivity contribution < 1.29 is 19.1 Å². The van der Waals surface area contributed by atoms with E-state index in [-0.39, 0.29) is 40.5 Å². The summed E-state index contributed by atoms with van der Waals surface area (Å²) in [5, 5.41) is -0.0979. The number of ether oxygens (including phenoxy) is 2. The van der Waals surface area contributed by atoms with Crippen LogP contribution in [0.4, 0.5) is 0 Å². The summed E-state index contributed by atoms with van der Waals surface area (Å²) in [6.07, 6.45) is 1.04. The Bertz CT molecular complexity index is 649. The van der Waals surface area contributed by atoms with Crippen LogP contribution in [0, 0.1) is 0 Å². The van der Waals surface area contributed by atoms with Crippen molar-refractivity contribution >= 4 is 62.5 Å². The smallest absolute Gasteiger partial charge is 0.345 e. The van der Waals surface area contributed by atoms with Crippen LogP contribution in [0.1, 0.15) is 29.8 Å². The predicted octanol–water partition coefficient (Wildman–Crippen LogP) is 4.56. The van der Waals surface area contributed by atoms with E-state index in [2.05, 4.69) is 20.9 Å². The van der Waals surface area contributed by atoms with Gasteiger partial charge in [0, 0.05) is 5.88 Å². The molecule has 1 heterocycles. The summed E-state index contributed by atoms with van der Waals surface area (Å²) in [5.74, 6) is -1.59. The van der Waals surface area contributed by atoms with E-state index < -0.39 is 11.8 Å². The quantitative estimate of drug-likeness (QED) is 0.0900. The molecule has 1 rings (SSSR count). The topological polar surface area (TPSA) is 65.5 Å². The number of Topliss-reactive ketones (excluding diaryl/α,β-unsaturated/α-hetero) is 1. The SMILES string of the molecule is CCO/C=C(\C(=O)OCC)C(=O)c1c(Cl)nc(Cl)c(Br)c1CCl. The van der Waals surface area contributed by atoms with E-state index in [9.17, 15) is 9.59 Å². The van der Waals surface area contributed by atoms with Crippen LogP contribution in [0.15, 0.2) is 16.3 Å². The second-order valence-corrected chi connectivity index (χ2v) is 5.81. The maximum Gasteiger partial charge on any atom is 0.345 e. The van der Waals surface area contributed by atoms with Crippen molar-refractivity contribution in [1.29, 1.82) is 0 Å². The van der Waals surface area contributed by atoms with Gasteiger partial charge in [0.05, 0.1) is 23.2 Å². The lowest BCUT2D eigenvalue weighted by Gasteiger charge is -2.13. The molecule has 0 fully saturated rings. The number of hydrogen-bond donors (Lipinski definition) is 0. The highest BCUT2D eigenvalue weighted by Gasteiger charge is 2.28. The molecule has 0 radical (unpaired) electrons. The van der Waals surface area contributed by atoms with Gasteiger partial charge >= 0.3 is 5.97 Å². The van der Waals surface area contributed by atoms with Crippen LogP contribution >= 0.6 is 50.7 Å². The molecule has 0 aromatic carbocycles. The van der Waals surface area contributed by atoms with Gasteiger partial charge in [-0.05, 0) is 35.3 Å². The molecule has 0 atom stereocenters. The van der Waals surface area contributed by atoms with E-state index in [1.165, 1.54) is 0 Å². The summed E-state index contributed by atoms with van der Waals surface area (Å²) in [7, 11) is 0. The Morgan fingerprint density at radius 3 is 2.39 bits per heavy atom. The number of halogens is 4. The number of ketones is 1. The average Bonchev–Trinajstić information content (AvgIpc) is 2.50. The Labute approximate surface area is 157 Å². The highest BCUT2D eigenvalue weighted by atomic mass is 79.9. The monoisotopic (exact) mass is 443 g/mol. The fourth-order valence-corrected chi connectivity index (χ4v) is 2.99. The minimum atomic E-state index is -0.825. The molecule has 0 saturated carbocycles. The average molecular weight is 446 g/mol. The maximum atomic E-state index is 12.7. The van der Waals surface area contributed by atoms with Gasteiger partial charge in [0.25, 0.3) is 0 Å². The lowest BCUT2D eigenvalue weighted by molar-refractivity contribution is -0.138. The van der Waals surface area contributed by atoms with Crippen LogP contribution in [0.3, 0.4) is 0 Å². The molecule has 0 saturated heterocycles. The van der Waals surface area contributed by atoms with Crippen LogP contribution in [-0.2, 0) is 20.1 Å². The summed E-state index contributed by atoms with van der Waals surface area (Å²) < 4.78 is 10.3. The minimum Gasteiger partial charge on any atom is -0.500 e. The number of alkyl halides is 1. The molecule has 0 aliphatic rings. The number of carbonyl (C=O) groups is 2. The predicted molar refractivity (Wildman–Crippen MR) is 92.2 cm³/mol. The third-order valence-corrected chi connectivity index (χ3v) is 4.52. The number of rotatable bonds is 7. The normalized spacial score (nSPS) is 11.3. The van der Waals surface area contributed by atoms with Crippen molar-refractivity contribution in [3.8, 4) is 0 Å². The fourth-order valence-electron chi connectivity index (χ4n) is 1.61. The molecule has 0 aliphatic heterocycles. The molecule has 0 aliphatic carbocycles. The first-order chi connectivity index (χ1) is 10.9. The van der Waals surface area contributed by atoms with Gasteiger partial charge in [-0.15, -0.1) is 11.6 Å². The Hall–Kier alpha value is -0.820. The Kier molecular flexibility index (Phi) is 8.33. The van der Waals surface area contributed by atoms with Crippen molar-refractivity contribution in [3.05, 3.63) is 37.7 Å². The Balaban J connectivity index is 3.45. The second kappa shape index (κ2) is 9.47. The number of pyridine rings is 1. The number of nitrogens with zero attached hydrogens (tertiary/aromatic N) is 1. The van der Waals surface area contributed by atoms with Crippen molar-refractivity contribution in [2.45, 2.75) is 19.7 Å². The molecule has 1 aromatic rings. The molecule has 1 aromatic heterocycles. The molecule has 0 amide bonds. The summed E-state index contributed by atoms with van der Waals surface area (Å²) in [4.78, 5) is 28.6. The molecular weight excluding hydrogens is 432 g/mol. The van der Waals surface area contributed by atoms with Crippen LogP contribution in [0.5, 0.6) is 0 Å². The van der Waals surface area contributed by atoms with Gasteiger partial charge < -0.3 is 9.47 Å². The minimum absolute atomic E-state index is 0.0306. The van der Waals surface area contributed by atoms with Gasteiger partial charge in [0.15, 0.2) is 0 Å². The fraction of sp³-hybridized carbons (Fsp3) is 0.357. The highest BCUT2D eigenvalue weighted by molar-refractivity contribution is 9.10. The van der Waals surface area contributed by atoms with Crippen molar-refractivity contribution in [2.75, 3.05) is 13.2 Å². The molecule has 23 heavy (non-hydrogen) atoms. The summed E-state index contributed by atoms with van der Waals surface area (Å²) in [5.41, 5.74) is -0.0108. The number of carbonyl (C=O) groups excluding carboxylic acids is 2. The zero-order valence-corrected chi connectivity index (χ0v) is 16.1. The van der Waals surface area contributed by atoms with E-state index >= 15 is 0 Å². The molecule has 5 nitrogen and oxygen atoms in total. The van der Waals surface area contributed by atoms with E-state index in [1.54, 1.807) is 13.8 Å². The standard InChI is InChI=1S/C14H13BrCl3NO4/c1-3-22-6-8(14(21)23-4-2)11(20)9-7(5-16)10(15)13(18)19-12(9)17/h6H,3-5H2,1-2H3/b8-6-. The van der Waals surface area contributed by atoms with Crippen molar-refractivity contribution in [3.63, 3.8) is 0 Å². The second-order valence-electron chi connectivity index (χ2n) is 4.03. The third-order valence-electron chi connectivity index (χ3n) is 2.62. The Morgan fingerprint density at radius 1 is 1.22 bits per heavy atom. The molecule has 9 heteroatoms. The highest BCUT2D eigenvalue weighted by Crippen LogP contribution is 2.34.